The van der Waals surface area contributed by atoms with Gasteiger partial charge in [0.2, 0.25) is 17.0 Å². The number of fused-ring (bicyclic) bond motifs is 2. The number of hydrogen-bond donors (Lipinski definition) is 4. The van der Waals surface area contributed by atoms with Crippen molar-refractivity contribution in [3.05, 3.63) is 46.7 Å². The van der Waals surface area contributed by atoms with E-state index in [1.807, 2.05) is 4.90 Å². The quantitative estimate of drug-likeness (QED) is 0.224. The number of hydrogen-bond acceptors (Lipinski definition) is 13. The molecule has 1 fully saturated rings. The molecule has 5 aromatic heterocycles. The van der Waals surface area contributed by atoms with E-state index in [0.717, 1.165) is 0 Å². The predicted molar refractivity (Wildman–Crippen MR) is 141 cm³/mol. The number of primary amides is 1. The zero-order valence-corrected chi connectivity index (χ0v) is 20.8. The lowest BCUT2D eigenvalue weighted by Crippen LogP contribution is -2.36. The third-order valence-corrected chi connectivity index (χ3v) is 6.90. The van der Waals surface area contributed by atoms with Crippen LogP contribution in [0.25, 0.3) is 27.4 Å². The molecular weight excluding hydrogens is 514 g/mol. The maximum absolute atomic E-state index is 12.7. The van der Waals surface area contributed by atoms with Gasteiger partial charge in [-0.1, -0.05) is 11.3 Å². The second-order valence-electron chi connectivity index (χ2n) is 8.37. The average Bonchev–Trinajstić information content (AvgIpc) is 3.67. The minimum Gasteiger partial charge on any atom is -0.456 e. The van der Waals surface area contributed by atoms with Gasteiger partial charge in [0.05, 0.1) is 31.0 Å². The van der Waals surface area contributed by atoms with Crippen LogP contribution in [0.15, 0.2) is 44.5 Å². The zero-order valence-electron chi connectivity index (χ0n) is 20.0. The van der Waals surface area contributed by atoms with Gasteiger partial charge in [0.1, 0.15) is 21.8 Å². The van der Waals surface area contributed by atoms with Gasteiger partial charge in [-0.3, -0.25) is 14.0 Å². The molecule has 15 heteroatoms. The Hall–Kier alpha value is -4.47. The van der Waals surface area contributed by atoms with E-state index in [4.69, 9.17) is 25.0 Å². The van der Waals surface area contributed by atoms with Crippen LogP contribution in [-0.4, -0.2) is 64.7 Å². The Morgan fingerprint density at radius 1 is 1.21 bits per heavy atom. The van der Waals surface area contributed by atoms with E-state index < -0.39 is 5.91 Å². The highest BCUT2D eigenvalue weighted by Gasteiger charge is 2.23. The molecule has 14 nitrogen and oxygen atoms in total. The number of furan rings is 1. The Morgan fingerprint density at radius 3 is 2.84 bits per heavy atom. The Kier molecular flexibility index (Phi) is 6.15. The number of morpholine rings is 1. The van der Waals surface area contributed by atoms with Gasteiger partial charge < -0.3 is 40.6 Å². The zero-order chi connectivity index (χ0) is 26.2. The van der Waals surface area contributed by atoms with Crippen LogP contribution in [0.3, 0.4) is 0 Å². The highest BCUT2D eigenvalue weighted by Crippen LogP contribution is 2.37. The summed E-state index contributed by atoms with van der Waals surface area (Å²) in [6.07, 6.45) is 6.25. The third kappa shape index (κ3) is 4.21. The van der Waals surface area contributed by atoms with Gasteiger partial charge in [-0.15, -0.1) is 0 Å². The number of aromatic nitrogens is 4. The minimum atomic E-state index is -0.690. The van der Waals surface area contributed by atoms with Crippen LogP contribution in [0.5, 0.6) is 0 Å². The number of nitrogens with one attached hydrogen (secondary N) is 2. The van der Waals surface area contributed by atoms with Crippen molar-refractivity contribution in [2.45, 2.75) is 0 Å². The molecule has 1 aliphatic rings. The summed E-state index contributed by atoms with van der Waals surface area (Å²) in [5, 5.41) is 7.36. The molecule has 0 atom stereocenters. The summed E-state index contributed by atoms with van der Waals surface area (Å²) in [6.45, 7) is 3.19. The number of carbonyl (C=O) groups is 1. The van der Waals surface area contributed by atoms with Gasteiger partial charge in [-0.2, -0.15) is 4.98 Å². The normalized spacial score (nSPS) is 13.9. The smallest absolute Gasteiger partial charge is 0.256 e. The van der Waals surface area contributed by atoms with Crippen molar-refractivity contribution in [2.75, 3.05) is 54.9 Å². The monoisotopic (exact) mass is 537 g/mol. The second kappa shape index (κ2) is 9.77. The topological polar surface area (TPSA) is 192 Å². The summed E-state index contributed by atoms with van der Waals surface area (Å²) in [7, 11) is 0. The number of nitrogens with zero attached hydrogens (tertiary/aromatic N) is 5. The van der Waals surface area contributed by atoms with Gasteiger partial charge in [-0.25, -0.2) is 9.97 Å². The molecule has 1 amide bonds. The van der Waals surface area contributed by atoms with E-state index in [-0.39, 0.29) is 22.4 Å². The summed E-state index contributed by atoms with van der Waals surface area (Å²) in [4.78, 5) is 40.3. The van der Waals surface area contributed by atoms with E-state index in [9.17, 15) is 9.59 Å². The number of imidazole rings is 1. The third-order valence-electron chi connectivity index (χ3n) is 5.95. The van der Waals surface area contributed by atoms with Gasteiger partial charge in [-0.05, 0) is 0 Å². The SMILES string of the molecule is NCCNc1nc(Nc2cnc(-c3coc4c(=O)cc(N5CCOCC5)oc34)s2)c(C(N)=O)c2nccn12. The first-order valence-corrected chi connectivity index (χ1v) is 12.6. The number of ether oxygens (including phenoxy) is 1. The molecule has 0 saturated carbocycles. The average molecular weight is 538 g/mol. The summed E-state index contributed by atoms with van der Waals surface area (Å²) < 4.78 is 18.7. The fourth-order valence-corrected chi connectivity index (χ4v) is 5.01. The molecule has 6 N–H and O–H groups in total. The lowest BCUT2D eigenvalue weighted by Gasteiger charge is -2.26. The van der Waals surface area contributed by atoms with Crippen LogP contribution < -0.4 is 32.4 Å². The Morgan fingerprint density at radius 2 is 2.05 bits per heavy atom. The van der Waals surface area contributed by atoms with E-state index >= 15 is 0 Å². The van der Waals surface area contributed by atoms with Crippen LogP contribution in [0.2, 0.25) is 0 Å². The Labute approximate surface area is 218 Å². The first-order chi connectivity index (χ1) is 18.5. The molecule has 1 saturated heterocycles. The molecule has 38 heavy (non-hydrogen) atoms. The van der Waals surface area contributed by atoms with Crippen LogP contribution in [-0.2, 0) is 4.74 Å². The molecule has 0 aromatic carbocycles. The standard InChI is InChI=1S/C23H23N9O5S/c24-1-2-27-23-30-20(16(19(25)34)21-26-3-4-32(21)23)29-14-10-28-22(38-14)12-11-36-18-13(33)9-15(37-17(12)18)31-5-7-35-8-6-31/h3-4,9-11,29H,1-2,5-8,24H2,(H2,25,34)(H,27,30). The summed E-state index contributed by atoms with van der Waals surface area (Å²) in [5.41, 5.74) is 12.5. The minimum absolute atomic E-state index is 0.111. The van der Waals surface area contributed by atoms with E-state index in [2.05, 4.69) is 25.6 Å². The van der Waals surface area contributed by atoms with Crippen molar-refractivity contribution in [2.24, 2.45) is 11.5 Å². The molecule has 0 aliphatic carbocycles. The number of anilines is 4. The number of thiazole rings is 1. The molecule has 5 aromatic rings. The van der Waals surface area contributed by atoms with Crippen LogP contribution >= 0.6 is 11.3 Å². The van der Waals surface area contributed by atoms with E-state index in [1.54, 1.807) is 23.0 Å². The highest BCUT2D eigenvalue weighted by molar-refractivity contribution is 7.19. The number of rotatable bonds is 8. The van der Waals surface area contributed by atoms with Crippen LogP contribution in [0.4, 0.5) is 22.7 Å². The van der Waals surface area contributed by atoms with Gasteiger partial charge in [0.15, 0.2) is 22.9 Å². The fourth-order valence-electron chi connectivity index (χ4n) is 4.20. The maximum atomic E-state index is 12.7. The number of nitrogens with two attached hydrogens (primary N) is 2. The Balaban J connectivity index is 1.36. The lowest BCUT2D eigenvalue weighted by atomic mass is 10.2. The van der Waals surface area contributed by atoms with Crippen molar-refractivity contribution in [3.63, 3.8) is 0 Å². The summed E-state index contributed by atoms with van der Waals surface area (Å²) in [6, 6.07) is 1.43. The van der Waals surface area contributed by atoms with Crippen LogP contribution in [0.1, 0.15) is 10.4 Å². The van der Waals surface area contributed by atoms with Crippen molar-refractivity contribution in [1.29, 1.82) is 0 Å². The second-order valence-corrected chi connectivity index (χ2v) is 9.40. The molecule has 6 rings (SSSR count). The number of carbonyl (C=O) groups excluding carboxylic acids is 1. The molecule has 0 unspecified atom stereocenters. The predicted octanol–water partition coefficient (Wildman–Crippen LogP) is 1.60. The molecular formula is C23H23N9O5S. The number of amides is 1. The molecule has 196 valence electrons. The van der Waals surface area contributed by atoms with Crippen LogP contribution in [0, 0.1) is 0 Å². The molecule has 0 spiro atoms. The first-order valence-electron chi connectivity index (χ1n) is 11.8. The molecule has 1 aliphatic heterocycles. The van der Waals surface area contributed by atoms with Crippen molar-refractivity contribution >= 4 is 56.7 Å². The van der Waals surface area contributed by atoms with Gasteiger partial charge in [0, 0.05) is 38.6 Å². The Bertz CT molecular complexity index is 1700. The fraction of sp³-hybridized carbons (Fsp3) is 0.261. The maximum Gasteiger partial charge on any atom is 0.256 e. The van der Waals surface area contributed by atoms with Crippen molar-refractivity contribution in [1.82, 2.24) is 19.4 Å². The van der Waals surface area contributed by atoms with Crippen molar-refractivity contribution in [3.8, 4) is 10.6 Å². The highest BCUT2D eigenvalue weighted by atomic mass is 32.1. The van der Waals surface area contributed by atoms with E-state index in [1.165, 1.54) is 23.7 Å². The lowest BCUT2D eigenvalue weighted by molar-refractivity contribution is 0.100. The van der Waals surface area contributed by atoms with E-state index in [0.29, 0.717) is 78.0 Å². The first kappa shape index (κ1) is 23.9. The molecule has 6 heterocycles. The summed E-state index contributed by atoms with van der Waals surface area (Å²) >= 11 is 1.26. The van der Waals surface area contributed by atoms with Crippen molar-refractivity contribution < 1.29 is 18.4 Å². The summed E-state index contributed by atoms with van der Waals surface area (Å²) in [5.74, 6) is 0.413. The molecule has 0 radical (unpaired) electrons. The largest absolute Gasteiger partial charge is 0.456 e. The van der Waals surface area contributed by atoms with Gasteiger partial charge >= 0.3 is 0 Å². The van der Waals surface area contributed by atoms with Gasteiger partial charge in [0.25, 0.3) is 5.91 Å². The molecule has 0 bridgehead atoms.